The molecule has 4 rings (SSSR count). The molecule has 1 aliphatic heterocycles. The number of likely N-dealkylation sites (N-methyl/N-ethyl adjacent to an activating group) is 1. The van der Waals surface area contributed by atoms with Crippen molar-refractivity contribution >= 4 is 21.5 Å². The number of allylic oxidation sites excluding steroid dienone is 2. The zero-order valence-corrected chi connectivity index (χ0v) is 22.7. The van der Waals surface area contributed by atoms with E-state index in [0.29, 0.717) is 12.3 Å². The molecule has 1 aromatic carbocycles. The molecule has 1 aliphatic carbocycles. The lowest BCUT2D eigenvalue weighted by Gasteiger charge is -2.37. The Labute approximate surface area is 220 Å². The van der Waals surface area contributed by atoms with Gasteiger partial charge in [0.05, 0.1) is 19.6 Å². The van der Waals surface area contributed by atoms with Crippen LogP contribution in [0.1, 0.15) is 50.7 Å². The van der Waals surface area contributed by atoms with E-state index in [1.54, 1.807) is 43.4 Å². The number of nitrogens with zero attached hydrogens (tertiary/aromatic N) is 3. The Morgan fingerprint density at radius 2 is 2.11 bits per heavy atom. The predicted octanol–water partition coefficient (Wildman–Crippen LogP) is 3.51. The van der Waals surface area contributed by atoms with Crippen LogP contribution >= 0.6 is 0 Å². The second kappa shape index (κ2) is 11.8. The third-order valence-corrected chi connectivity index (χ3v) is 9.31. The normalized spacial score (nSPS) is 22.5. The number of aromatic nitrogens is 1. The first kappa shape index (κ1) is 27.3. The van der Waals surface area contributed by atoms with Gasteiger partial charge in [-0.15, -0.1) is 0 Å². The number of aliphatic hydroxyl groups excluding tert-OH is 1. The number of fused-ring (bicyclic) bond motifs is 1. The fourth-order valence-corrected chi connectivity index (χ4v) is 6.75. The Hall–Kier alpha value is -2.75. The van der Waals surface area contributed by atoms with Crippen molar-refractivity contribution in [3.05, 3.63) is 59.9 Å². The van der Waals surface area contributed by atoms with Crippen molar-refractivity contribution in [3.63, 3.8) is 0 Å². The van der Waals surface area contributed by atoms with Gasteiger partial charge in [-0.1, -0.05) is 25.1 Å². The maximum atomic E-state index is 13.7. The lowest BCUT2D eigenvalue weighted by Crippen LogP contribution is -2.50. The number of sulfonamides is 1. The molecule has 0 saturated heterocycles. The van der Waals surface area contributed by atoms with Crippen molar-refractivity contribution in [2.45, 2.75) is 63.0 Å². The number of carbonyl (C=O) groups is 1. The molecule has 9 heteroatoms. The van der Waals surface area contributed by atoms with E-state index in [-0.39, 0.29) is 36.3 Å². The minimum absolute atomic E-state index is 0.0691. The lowest BCUT2D eigenvalue weighted by molar-refractivity contribution is -0.130. The summed E-state index contributed by atoms with van der Waals surface area (Å²) in [5.41, 5.74) is 2.99. The molecule has 0 saturated carbocycles. The van der Waals surface area contributed by atoms with E-state index >= 15 is 0 Å². The second-order valence-electron chi connectivity index (χ2n) is 10.2. The number of aliphatic hydroxyl groups is 1. The van der Waals surface area contributed by atoms with Crippen LogP contribution in [0, 0.1) is 5.92 Å². The average molecular weight is 528 g/mol. The highest BCUT2D eigenvalue weighted by atomic mass is 32.2. The van der Waals surface area contributed by atoms with Gasteiger partial charge in [-0.2, -0.15) is 4.31 Å². The minimum Gasteiger partial charge on any atom is -0.487 e. The van der Waals surface area contributed by atoms with E-state index in [2.05, 4.69) is 11.1 Å². The minimum atomic E-state index is -3.90. The van der Waals surface area contributed by atoms with Gasteiger partial charge in [0.2, 0.25) is 15.9 Å². The van der Waals surface area contributed by atoms with E-state index in [4.69, 9.17) is 4.74 Å². The van der Waals surface area contributed by atoms with E-state index in [1.807, 2.05) is 25.1 Å². The Balaban J connectivity index is 1.67. The molecule has 3 atom stereocenters. The number of pyridine rings is 1. The van der Waals surface area contributed by atoms with Gasteiger partial charge in [-0.05, 0) is 67.5 Å². The van der Waals surface area contributed by atoms with Gasteiger partial charge in [0.1, 0.15) is 16.7 Å². The lowest BCUT2D eigenvalue weighted by atomic mass is 9.93. The molecule has 8 nitrogen and oxygen atoms in total. The molecule has 2 aromatic rings. The van der Waals surface area contributed by atoms with Crippen LogP contribution in [0.3, 0.4) is 0 Å². The summed E-state index contributed by atoms with van der Waals surface area (Å²) < 4.78 is 35.2. The highest BCUT2D eigenvalue weighted by Crippen LogP contribution is 2.37. The van der Waals surface area contributed by atoms with Crippen LogP contribution < -0.4 is 4.74 Å². The summed E-state index contributed by atoms with van der Waals surface area (Å²) in [6.07, 6.45) is 9.57. The first-order chi connectivity index (χ1) is 17.7. The van der Waals surface area contributed by atoms with Gasteiger partial charge in [-0.3, -0.25) is 9.78 Å². The molecule has 0 unspecified atom stereocenters. The number of ether oxygens (including phenoxy) is 1. The summed E-state index contributed by atoms with van der Waals surface area (Å²) in [6.45, 7) is 3.81. The zero-order chi connectivity index (χ0) is 26.6. The first-order valence-electron chi connectivity index (χ1n) is 13.0. The molecule has 37 heavy (non-hydrogen) atoms. The van der Waals surface area contributed by atoms with E-state index in [0.717, 1.165) is 36.8 Å². The van der Waals surface area contributed by atoms with Crippen molar-refractivity contribution in [1.29, 1.82) is 0 Å². The summed E-state index contributed by atoms with van der Waals surface area (Å²) in [6, 6.07) is 8.37. The van der Waals surface area contributed by atoms with Crippen molar-refractivity contribution < 1.29 is 23.1 Å². The first-order valence-corrected chi connectivity index (χ1v) is 14.4. The van der Waals surface area contributed by atoms with Gasteiger partial charge >= 0.3 is 0 Å². The van der Waals surface area contributed by atoms with E-state index in [1.165, 1.54) is 9.88 Å². The second-order valence-corrected chi connectivity index (χ2v) is 12.0. The van der Waals surface area contributed by atoms with Gasteiger partial charge in [0.15, 0.2) is 0 Å². The summed E-state index contributed by atoms with van der Waals surface area (Å²) >= 11 is 0. The average Bonchev–Trinajstić information content (AvgIpc) is 2.91. The zero-order valence-electron chi connectivity index (χ0n) is 21.8. The molecule has 0 bridgehead atoms. The third-order valence-electron chi connectivity index (χ3n) is 7.29. The SMILES string of the molecule is C[C@@H]1CN([C@@H](C)CO)S(=O)(=O)c2ccc(C3=CCCCC3)cc2O[C@@H]1CN(C)C(=O)Cc1cccnc1. The van der Waals surface area contributed by atoms with Crippen LogP contribution in [0.4, 0.5) is 0 Å². The Morgan fingerprint density at radius 3 is 2.78 bits per heavy atom. The van der Waals surface area contributed by atoms with E-state index in [9.17, 15) is 18.3 Å². The predicted molar refractivity (Wildman–Crippen MR) is 142 cm³/mol. The standard InChI is InChI=1S/C28H37N3O5S/c1-20-17-31(21(2)19-32)37(34,35)27-12-11-24(23-9-5-4-6-10-23)15-25(27)36-26(20)18-30(3)28(33)14-22-8-7-13-29-16-22/h7-9,11-13,15-16,20-21,26,32H,4-6,10,14,17-19H2,1-3H3/t20-,21+,26-/m1/s1. The Kier molecular flexibility index (Phi) is 8.67. The maximum absolute atomic E-state index is 13.7. The van der Waals surface area contributed by atoms with Crippen LogP contribution in [0.15, 0.2) is 53.7 Å². The summed E-state index contributed by atoms with van der Waals surface area (Å²) in [4.78, 5) is 18.8. The van der Waals surface area contributed by atoms with Gasteiger partial charge in [-0.25, -0.2) is 8.42 Å². The van der Waals surface area contributed by atoms with Crippen LogP contribution in [-0.4, -0.2) is 72.5 Å². The number of hydrogen-bond acceptors (Lipinski definition) is 6. The summed E-state index contributed by atoms with van der Waals surface area (Å²) in [5, 5.41) is 9.85. The van der Waals surface area contributed by atoms with Crippen molar-refractivity contribution in [2.75, 3.05) is 26.7 Å². The van der Waals surface area contributed by atoms with Crippen LogP contribution in [0.25, 0.3) is 5.57 Å². The van der Waals surface area contributed by atoms with Gasteiger partial charge in [0.25, 0.3) is 0 Å². The molecular weight excluding hydrogens is 490 g/mol. The molecule has 0 fully saturated rings. The summed E-state index contributed by atoms with van der Waals surface area (Å²) in [7, 11) is -2.16. The van der Waals surface area contributed by atoms with Crippen LogP contribution in [0.2, 0.25) is 0 Å². The van der Waals surface area contributed by atoms with Crippen LogP contribution in [0.5, 0.6) is 5.75 Å². The molecule has 1 amide bonds. The highest BCUT2D eigenvalue weighted by Gasteiger charge is 2.38. The van der Waals surface area contributed by atoms with Crippen LogP contribution in [-0.2, 0) is 21.2 Å². The highest BCUT2D eigenvalue weighted by molar-refractivity contribution is 7.89. The number of carbonyl (C=O) groups excluding carboxylic acids is 1. The number of amides is 1. The Bertz CT molecular complexity index is 1230. The van der Waals surface area contributed by atoms with Crippen molar-refractivity contribution in [3.8, 4) is 5.75 Å². The molecule has 0 radical (unpaired) electrons. The molecule has 2 heterocycles. The maximum Gasteiger partial charge on any atom is 0.247 e. The van der Waals surface area contributed by atoms with Crippen molar-refractivity contribution in [1.82, 2.24) is 14.2 Å². The molecular formula is C28H37N3O5S. The number of rotatable bonds is 7. The largest absolute Gasteiger partial charge is 0.487 e. The molecule has 200 valence electrons. The quantitative estimate of drug-likeness (QED) is 0.592. The topological polar surface area (TPSA) is 100 Å². The third kappa shape index (κ3) is 6.22. The van der Waals surface area contributed by atoms with Crippen molar-refractivity contribution in [2.24, 2.45) is 5.92 Å². The van der Waals surface area contributed by atoms with Gasteiger partial charge < -0.3 is 14.7 Å². The monoisotopic (exact) mass is 527 g/mol. The smallest absolute Gasteiger partial charge is 0.247 e. The molecule has 2 aliphatic rings. The molecule has 1 aromatic heterocycles. The molecule has 1 N–H and O–H groups in total. The van der Waals surface area contributed by atoms with E-state index < -0.39 is 22.2 Å². The van der Waals surface area contributed by atoms with Gasteiger partial charge in [0, 0.05) is 37.9 Å². The fourth-order valence-electron chi connectivity index (χ4n) is 4.93. The summed E-state index contributed by atoms with van der Waals surface area (Å²) in [5.74, 6) is -0.00714. The Morgan fingerprint density at radius 1 is 1.30 bits per heavy atom. The number of benzene rings is 1. The molecule has 0 spiro atoms. The fraction of sp³-hybridized carbons (Fsp3) is 0.500. The number of hydrogen-bond donors (Lipinski definition) is 1.